The first-order valence-corrected chi connectivity index (χ1v) is 9.96. The highest BCUT2D eigenvalue weighted by atomic mass is 32.1. The Hall–Kier alpha value is -3.04. The van der Waals surface area contributed by atoms with E-state index in [0.29, 0.717) is 27.5 Å². The molecule has 3 rings (SSSR count). The third-order valence-electron chi connectivity index (χ3n) is 3.75. The van der Waals surface area contributed by atoms with Crippen LogP contribution in [0.2, 0.25) is 0 Å². The van der Waals surface area contributed by atoms with Gasteiger partial charge in [0.25, 0.3) is 5.91 Å². The summed E-state index contributed by atoms with van der Waals surface area (Å²) < 4.78 is 11.1. The molecule has 0 saturated heterocycles. The normalized spacial score (nSPS) is 10.6. The summed E-state index contributed by atoms with van der Waals surface area (Å²) in [5.41, 5.74) is 1.59. The number of hydrogen-bond acceptors (Lipinski definition) is 7. The molecule has 0 radical (unpaired) electrons. The lowest BCUT2D eigenvalue weighted by atomic mass is 10.2. The summed E-state index contributed by atoms with van der Waals surface area (Å²) in [4.78, 5) is 28.8. The van der Waals surface area contributed by atoms with Crippen molar-refractivity contribution in [2.24, 2.45) is 0 Å². The Morgan fingerprint density at radius 1 is 1.14 bits per heavy atom. The van der Waals surface area contributed by atoms with Gasteiger partial charge in [-0.05, 0) is 62.5 Å². The average Bonchev–Trinajstić information content (AvgIpc) is 3.08. The van der Waals surface area contributed by atoms with Crippen molar-refractivity contribution in [2.75, 3.05) is 12.4 Å². The van der Waals surface area contributed by atoms with Crippen LogP contribution in [0.3, 0.4) is 0 Å². The fraction of sp³-hybridized carbons (Fsp3) is 0.200. The summed E-state index contributed by atoms with van der Waals surface area (Å²) in [6, 6.07) is 11.9. The molecule has 2 aromatic carbocycles. The maximum atomic E-state index is 12.3. The number of thiazole rings is 1. The molecule has 9 heteroatoms. The van der Waals surface area contributed by atoms with Gasteiger partial charge in [0.2, 0.25) is 0 Å². The predicted octanol–water partition coefficient (Wildman–Crippen LogP) is 4.00. The van der Waals surface area contributed by atoms with E-state index in [1.54, 1.807) is 56.3 Å². The van der Waals surface area contributed by atoms with E-state index in [1.807, 2.05) is 0 Å². The quantitative estimate of drug-likeness (QED) is 0.468. The van der Waals surface area contributed by atoms with E-state index in [1.165, 1.54) is 18.4 Å². The van der Waals surface area contributed by atoms with Gasteiger partial charge in [0.05, 0.1) is 29.0 Å². The highest BCUT2D eigenvalue weighted by Gasteiger charge is 2.14. The number of amides is 1. The van der Waals surface area contributed by atoms with Crippen LogP contribution in [0.15, 0.2) is 42.5 Å². The van der Waals surface area contributed by atoms with Gasteiger partial charge < -0.3 is 14.8 Å². The molecule has 150 valence electrons. The molecule has 1 amide bonds. The van der Waals surface area contributed by atoms with E-state index in [2.05, 4.69) is 15.6 Å². The molecule has 0 unspecified atom stereocenters. The molecular formula is C20H19N3O4S2. The van der Waals surface area contributed by atoms with Crippen LogP contribution < -0.4 is 15.4 Å². The van der Waals surface area contributed by atoms with E-state index >= 15 is 0 Å². The maximum absolute atomic E-state index is 12.3. The van der Waals surface area contributed by atoms with Gasteiger partial charge >= 0.3 is 5.97 Å². The van der Waals surface area contributed by atoms with Crippen molar-refractivity contribution in [3.63, 3.8) is 0 Å². The zero-order valence-electron chi connectivity index (χ0n) is 16.0. The molecule has 0 aliphatic rings. The van der Waals surface area contributed by atoms with Crippen LogP contribution in [0.25, 0.3) is 10.2 Å². The molecule has 7 nitrogen and oxygen atoms in total. The highest BCUT2D eigenvalue weighted by Crippen LogP contribution is 2.27. The van der Waals surface area contributed by atoms with E-state index in [-0.39, 0.29) is 23.1 Å². The number of anilines is 1. The largest absolute Gasteiger partial charge is 0.497 e. The number of fused-ring (bicyclic) bond motifs is 1. The number of nitrogens with one attached hydrogen (secondary N) is 2. The molecule has 0 aliphatic carbocycles. The molecule has 0 spiro atoms. The molecule has 2 N–H and O–H groups in total. The Balaban J connectivity index is 1.68. The zero-order chi connectivity index (χ0) is 21.0. The van der Waals surface area contributed by atoms with Crippen LogP contribution in [-0.2, 0) is 4.74 Å². The Bertz CT molecular complexity index is 1080. The van der Waals surface area contributed by atoms with Crippen LogP contribution in [0.4, 0.5) is 5.13 Å². The number of esters is 1. The van der Waals surface area contributed by atoms with Gasteiger partial charge in [0, 0.05) is 5.56 Å². The third-order valence-corrected chi connectivity index (χ3v) is 4.88. The predicted molar refractivity (Wildman–Crippen MR) is 117 cm³/mol. The Labute approximate surface area is 177 Å². The van der Waals surface area contributed by atoms with E-state index in [4.69, 9.17) is 21.7 Å². The van der Waals surface area contributed by atoms with E-state index < -0.39 is 0 Å². The number of ether oxygens (including phenoxy) is 2. The minimum atomic E-state index is -0.383. The van der Waals surface area contributed by atoms with E-state index in [0.717, 1.165) is 4.70 Å². The maximum Gasteiger partial charge on any atom is 0.338 e. The fourth-order valence-electron chi connectivity index (χ4n) is 2.46. The number of carbonyl (C=O) groups is 2. The lowest BCUT2D eigenvalue weighted by molar-refractivity contribution is 0.0378. The Morgan fingerprint density at radius 2 is 1.93 bits per heavy atom. The second kappa shape index (κ2) is 8.97. The number of carbonyl (C=O) groups excluding carboxylic acids is 2. The second-order valence-electron chi connectivity index (χ2n) is 6.30. The molecule has 0 atom stereocenters. The van der Waals surface area contributed by atoms with Gasteiger partial charge in [0.15, 0.2) is 10.2 Å². The summed E-state index contributed by atoms with van der Waals surface area (Å²) >= 11 is 6.53. The number of rotatable bonds is 5. The number of hydrogen-bond donors (Lipinski definition) is 2. The van der Waals surface area contributed by atoms with Crippen molar-refractivity contribution in [2.45, 2.75) is 20.0 Å². The number of aromatic nitrogens is 1. The van der Waals surface area contributed by atoms with E-state index in [9.17, 15) is 9.59 Å². The SMILES string of the molecule is COc1cccc(C(=O)NC(=S)Nc2nc3ccc(C(=O)OC(C)C)cc3s2)c1. The number of thiocarbonyl (C=S) groups is 1. The van der Waals surface area contributed by atoms with Crippen molar-refractivity contribution in [1.82, 2.24) is 10.3 Å². The second-order valence-corrected chi connectivity index (χ2v) is 7.73. The molecule has 0 aliphatic heterocycles. The monoisotopic (exact) mass is 429 g/mol. The lowest BCUT2D eigenvalue weighted by Gasteiger charge is -2.08. The lowest BCUT2D eigenvalue weighted by Crippen LogP contribution is -2.34. The third kappa shape index (κ3) is 5.27. The van der Waals surface area contributed by atoms with Crippen molar-refractivity contribution in [1.29, 1.82) is 0 Å². The molecule has 0 bridgehead atoms. The summed E-state index contributed by atoms with van der Waals surface area (Å²) in [5.74, 6) is -0.165. The van der Waals surface area contributed by atoms with Crippen LogP contribution in [0, 0.1) is 0 Å². The number of methoxy groups -OCH3 is 1. The van der Waals surface area contributed by atoms with Crippen molar-refractivity contribution >= 4 is 55.9 Å². The molecule has 0 saturated carbocycles. The zero-order valence-corrected chi connectivity index (χ0v) is 17.6. The average molecular weight is 430 g/mol. The first kappa shape index (κ1) is 20.7. The topological polar surface area (TPSA) is 89.5 Å². The summed E-state index contributed by atoms with van der Waals surface area (Å²) in [6.07, 6.45) is -0.192. The first-order chi connectivity index (χ1) is 13.9. The molecule has 1 aromatic heterocycles. The summed E-state index contributed by atoms with van der Waals surface area (Å²) in [6.45, 7) is 3.60. The van der Waals surface area contributed by atoms with Gasteiger partial charge in [-0.2, -0.15) is 0 Å². The summed E-state index contributed by atoms with van der Waals surface area (Å²) in [5, 5.41) is 6.14. The highest BCUT2D eigenvalue weighted by molar-refractivity contribution is 7.80. The van der Waals surface area contributed by atoms with Gasteiger partial charge in [-0.1, -0.05) is 17.4 Å². The van der Waals surface area contributed by atoms with Crippen LogP contribution >= 0.6 is 23.6 Å². The van der Waals surface area contributed by atoms with Gasteiger partial charge in [0.1, 0.15) is 5.75 Å². The standard InChI is InChI=1S/C20H19N3O4S2/c1-11(2)27-18(25)13-7-8-15-16(10-13)29-20(21-15)23-19(28)22-17(24)12-5-4-6-14(9-12)26-3/h4-11H,1-3H3,(H2,21,22,23,24,28). The first-order valence-electron chi connectivity index (χ1n) is 8.73. The molecule has 3 aromatic rings. The Kier molecular flexibility index (Phi) is 6.40. The molecular weight excluding hydrogens is 410 g/mol. The fourth-order valence-corrected chi connectivity index (χ4v) is 3.62. The Morgan fingerprint density at radius 3 is 2.66 bits per heavy atom. The molecule has 0 fully saturated rings. The van der Waals surface area contributed by atoms with Crippen LogP contribution in [0.1, 0.15) is 34.6 Å². The molecule has 1 heterocycles. The van der Waals surface area contributed by atoms with Crippen molar-refractivity contribution in [3.05, 3.63) is 53.6 Å². The number of benzene rings is 2. The minimum absolute atomic E-state index is 0.122. The number of nitrogens with zero attached hydrogens (tertiary/aromatic N) is 1. The van der Waals surface area contributed by atoms with Gasteiger partial charge in [-0.25, -0.2) is 9.78 Å². The van der Waals surface area contributed by atoms with Gasteiger partial charge in [-0.15, -0.1) is 0 Å². The smallest absolute Gasteiger partial charge is 0.338 e. The van der Waals surface area contributed by atoms with Crippen LogP contribution in [0.5, 0.6) is 5.75 Å². The van der Waals surface area contributed by atoms with Crippen molar-refractivity contribution in [3.8, 4) is 5.75 Å². The van der Waals surface area contributed by atoms with Gasteiger partial charge in [-0.3, -0.25) is 10.1 Å². The van der Waals surface area contributed by atoms with Crippen LogP contribution in [-0.4, -0.2) is 35.2 Å². The summed E-state index contributed by atoms with van der Waals surface area (Å²) in [7, 11) is 1.53. The van der Waals surface area contributed by atoms with Crippen molar-refractivity contribution < 1.29 is 19.1 Å². The minimum Gasteiger partial charge on any atom is -0.497 e. The molecule has 29 heavy (non-hydrogen) atoms.